The molecule has 0 saturated carbocycles. The van der Waals surface area contributed by atoms with E-state index in [0.29, 0.717) is 29.4 Å². The van der Waals surface area contributed by atoms with E-state index < -0.39 is 4.92 Å². The zero-order valence-electron chi connectivity index (χ0n) is 16.8. The molecule has 154 valence electrons. The molecule has 7 heteroatoms. The molecule has 0 N–H and O–H groups in total. The molecule has 0 bridgehead atoms. The van der Waals surface area contributed by atoms with E-state index in [1.807, 2.05) is 37.3 Å². The second-order valence-electron chi connectivity index (χ2n) is 6.71. The number of anilines is 1. The van der Waals surface area contributed by atoms with Crippen LogP contribution in [0.2, 0.25) is 0 Å². The molecule has 3 aromatic carbocycles. The Labute approximate surface area is 179 Å². The predicted molar refractivity (Wildman–Crippen MR) is 119 cm³/mol. The van der Waals surface area contributed by atoms with Crippen LogP contribution in [0, 0.1) is 10.1 Å². The first kappa shape index (κ1) is 20.0. The molecule has 0 saturated heterocycles. The lowest BCUT2D eigenvalue weighted by Gasteiger charge is -2.19. The van der Waals surface area contributed by atoms with E-state index in [1.54, 1.807) is 42.5 Å². The molecule has 3 aromatic rings. The van der Waals surface area contributed by atoms with Crippen LogP contribution in [0.1, 0.15) is 18.1 Å². The van der Waals surface area contributed by atoms with Crippen molar-refractivity contribution in [2.75, 3.05) is 11.5 Å². The van der Waals surface area contributed by atoms with Gasteiger partial charge in [-0.25, -0.2) is 4.99 Å². The summed E-state index contributed by atoms with van der Waals surface area (Å²) in [6, 6.07) is 22.8. The standard InChI is InChI=1S/C24H19N3O4/c1-2-31-20-14-12-19(13-15-20)26-23(17-8-4-3-5-9-17)25-21(24(26)28)16-18-10-6-7-11-22(18)27(29)30/h3-16H,2H2,1H3/b21-16+. The number of carbonyl (C=O) groups is 1. The van der Waals surface area contributed by atoms with E-state index in [4.69, 9.17) is 4.74 Å². The van der Waals surface area contributed by atoms with Gasteiger partial charge in [-0.2, -0.15) is 0 Å². The van der Waals surface area contributed by atoms with Crippen LogP contribution >= 0.6 is 0 Å². The Bertz CT molecular complexity index is 1180. The second kappa shape index (κ2) is 8.62. The summed E-state index contributed by atoms with van der Waals surface area (Å²) in [5.74, 6) is 0.799. The highest BCUT2D eigenvalue weighted by atomic mass is 16.6. The number of nitro groups is 1. The monoisotopic (exact) mass is 413 g/mol. The van der Waals surface area contributed by atoms with Crippen LogP contribution in [0.3, 0.4) is 0 Å². The van der Waals surface area contributed by atoms with Gasteiger partial charge in [0, 0.05) is 11.6 Å². The molecular weight excluding hydrogens is 394 g/mol. The lowest BCUT2D eigenvalue weighted by atomic mass is 10.1. The van der Waals surface area contributed by atoms with Crippen LogP contribution in [-0.4, -0.2) is 23.3 Å². The molecule has 0 radical (unpaired) electrons. The van der Waals surface area contributed by atoms with Gasteiger partial charge in [-0.15, -0.1) is 0 Å². The second-order valence-corrected chi connectivity index (χ2v) is 6.71. The smallest absolute Gasteiger partial charge is 0.282 e. The molecule has 1 aliphatic rings. The van der Waals surface area contributed by atoms with E-state index in [0.717, 1.165) is 5.56 Å². The largest absolute Gasteiger partial charge is 0.494 e. The Morgan fingerprint density at radius 1 is 1.00 bits per heavy atom. The number of nitrogens with zero attached hydrogens (tertiary/aromatic N) is 3. The molecule has 0 unspecified atom stereocenters. The summed E-state index contributed by atoms with van der Waals surface area (Å²) in [4.78, 5) is 30.3. The molecule has 1 heterocycles. The van der Waals surface area contributed by atoms with Crippen LogP contribution in [0.5, 0.6) is 5.75 Å². The van der Waals surface area contributed by atoms with Crippen molar-refractivity contribution in [2.45, 2.75) is 6.92 Å². The lowest BCUT2D eigenvalue weighted by Crippen LogP contribution is -2.32. The third-order valence-electron chi connectivity index (χ3n) is 4.72. The topological polar surface area (TPSA) is 85.0 Å². The van der Waals surface area contributed by atoms with Crippen molar-refractivity contribution in [3.05, 3.63) is 106 Å². The number of hydrogen-bond donors (Lipinski definition) is 0. The third kappa shape index (κ3) is 4.06. The van der Waals surface area contributed by atoms with Crippen LogP contribution in [0.25, 0.3) is 6.08 Å². The molecule has 0 fully saturated rings. The maximum atomic E-state index is 13.3. The highest BCUT2D eigenvalue weighted by Gasteiger charge is 2.33. The number of aliphatic imine (C=N–C) groups is 1. The van der Waals surface area contributed by atoms with Crippen molar-refractivity contribution in [1.29, 1.82) is 0 Å². The van der Waals surface area contributed by atoms with Gasteiger partial charge in [-0.1, -0.05) is 42.5 Å². The number of para-hydroxylation sites is 1. The van der Waals surface area contributed by atoms with Gasteiger partial charge in [0.15, 0.2) is 0 Å². The average molecular weight is 413 g/mol. The van der Waals surface area contributed by atoms with E-state index in [1.165, 1.54) is 17.0 Å². The highest BCUT2D eigenvalue weighted by Crippen LogP contribution is 2.30. The maximum Gasteiger partial charge on any atom is 0.282 e. The maximum absolute atomic E-state index is 13.3. The van der Waals surface area contributed by atoms with Crippen LogP contribution in [0.15, 0.2) is 89.6 Å². The van der Waals surface area contributed by atoms with Gasteiger partial charge in [0.1, 0.15) is 17.3 Å². The molecule has 0 aliphatic carbocycles. The fraction of sp³-hybridized carbons (Fsp3) is 0.0833. The summed E-state index contributed by atoms with van der Waals surface area (Å²) in [5, 5.41) is 11.4. The summed E-state index contributed by atoms with van der Waals surface area (Å²) in [6.07, 6.45) is 1.46. The Kier molecular flexibility index (Phi) is 5.57. The lowest BCUT2D eigenvalue weighted by molar-refractivity contribution is -0.385. The van der Waals surface area contributed by atoms with Gasteiger partial charge in [-0.3, -0.25) is 19.8 Å². The normalized spacial score (nSPS) is 14.6. The molecule has 4 rings (SSSR count). The third-order valence-corrected chi connectivity index (χ3v) is 4.72. The Morgan fingerprint density at radius 3 is 2.35 bits per heavy atom. The van der Waals surface area contributed by atoms with Crippen LogP contribution in [0.4, 0.5) is 11.4 Å². The van der Waals surface area contributed by atoms with Gasteiger partial charge in [-0.05, 0) is 43.3 Å². The fourth-order valence-corrected chi connectivity index (χ4v) is 3.32. The minimum Gasteiger partial charge on any atom is -0.494 e. The summed E-state index contributed by atoms with van der Waals surface area (Å²) >= 11 is 0. The number of rotatable bonds is 6. The summed E-state index contributed by atoms with van der Waals surface area (Å²) in [7, 11) is 0. The van der Waals surface area contributed by atoms with Crippen molar-refractivity contribution in [2.24, 2.45) is 4.99 Å². The number of hydrogen-bond acceptors (Lipinski definition) is 5. The molecule has 1 amide bonds. The minimum atomic E-state index is -0.474. The molecule has 0 spiro atoms. The molecular formula is C24H19N3O4. The van der Waals surface area contributed by atoms with Gasteiger partial charge >= 0.3 is 0 Å². The SMILES string of the molecule is CCOc1ccc(N2C(=O)/C(=C\c3ccccc3[N+](=O)[O-])N=C2c2ccccc2)cc1. The van der Waals surface area contributed by atoms with Crippen LogP contribution in [-0.2, 0) is 4.79 Å². The number of amides is 1. The summed E-state index contributed by atoms with van der Waals surface area (Å²) < 4.78 is 5.49. The van der Waals surface area contributed by atoms with E-state index in [-0.39, 0.29) is 17.3 Å². The molecule has 31 heavy (non-hydrogen) atoms. The number of benzene rings is 3. The quantitative estimate of drug-likeness (QED) is 0.329. The summed E-state index contributed by atoms with van der Waals surface area (Å²) in [6.45, 7) is 2.44. The van der Waals surface area contributed by atoms with Gasteiger partial charge in [0.25, 0.3) is 11.6 Å². The van der Waals surface area contributed by atoms with Crippen molar-refractivity contribution >= 4 is 29.2 Å². The van der Waals surface area contributed by atoms with Crippen molar-refractivity contribution in [3.63, 3.8) is 0 Å². The molecule has 1 aliphatic heterocycles. The van der Waals surface area contributed by atoms with Gasteiger partial charge in [0.2, 0.25) is 0 Å². The fourth-order valence-electron chi connectivity index (χ4n) is 3.32. The molecule has 0 atom stereocenters. The number of amidine groups is 1. The first-order valence-corrected chi connectivity index (χ1v) is 9.75. The number of nitro benzene ring substituents is 1. The first-order chi connectivity index (χ1) is 15.1. The predicted octanol–water partition coefficient (Wildman–Crippen LogP) is 4.83. The summed E-state index contributed by atoms with van der Waals surface area (Å²) in [5.41, 5.74) is 1.75. The Hall–Kier alpha value is -4.26. The zero-order valence-corrected chi connectivity index (χ0v) is 16.8. The minimum absolute atomic E-state index is 0.0845. The Balaban J connectivity index is 1.80. The van der Waals surface area contributed by atoms with Crippen molar-refractivity contribution in [1.82, 2.24) is 0 Å². The molecule has 0 aromatic heterocycles. The average Bonchev–Trinajstić information content (AvgIpc) is 3.11. The van der Waals surface area contributed by atoms with E-state index in [2.05, 4.69) is 4.99 Å². The number of ether oxygens (including phenoxy) is 1. The Morgan fingerprint density at radius 2 is 1.68 bits per heavy atom. The van der Waals surface area contributed by atoms with Crippen molar-refractivity contribution < 1.29 is 14.5 Å². The van der Waals surface area contributed by atoms with E-state index in [9.17, 15) is 14.9 Å². The highest BCUT2D eigenvalue weighted by molar-refractivity contribution is 6.33. The van der Waals surface area contributed by atoms with Gasteiger partial charge < -0.3 is 4.74 Å². The molecule has 7 nitrogen and oxygen atoms in total. The van der Waals surface area contributed by atoms with Gasteiger partial charge in [0.05, 0.1) is 22.8 Å². The van der Waals surface area contributed by atoms with Crippen LogP contribution < -0.4 is 9.64 Å². The first-order valence-electron chi connectivity index (χ1n) is 9.75. The van der Waals surface area contributed by atoms with Crippen molar-refractivity contribution in [3.8, 4) is 5.75 Å². The van der Waals surface area contributed by atoms with E-state index >= 15 is 0 Å². The zero-order chi connectivity index (χ0) is 21.8. The number of carbonyl (C=O) groups excluding carboxylic acids is 1.